The molecule has 1 aliphatic rings. The smallest absolute Gasteiger partial charge is 0.264 e. The van der Waals surface area contributed by atoms with Crippen molar-refractivity contribution in [2.24, 2.45) is 0 Å². The van der Waals surface area contributed by atoms with Gasteiger partial charge in [0, 0.05) is 17.5 Å². The standard InChI is InChI=1S/C23H29NO7S/c1-28-19-12-16(13-20(29-2)22(19)30-3)21(25)18-14-23(15-24-18,10-11-31-32(4,26)27)17-8-6-5-7-9-17/h5-9,12-13,18,24H,10-11,14-15H2,1-4H3. The van der Waals surface area contributed by atoms with Gasteiger partial charge < -0.3 is 19.5 Å². The van der Waals surface area contributed by atoms with Gasteiger partial charge >= 0.3 is 0 Å². The van der Waals surface area contributed by atoms with Gasteiger partial charge in [-0.05, 0) is 30.5 Å². The zero-order chi connectivity index (χ0) is 23.4. The molecular weight excluding hydrogens is 434 g/mol. The van der Waals surface area contributed by atoms with E-state index in [4.69, 9.17) is 18.4 Å². The van der Waals surface area contributed by atoms with Crippen LogP contribution in [0.4, 0.5) is 0 Å². The Morgan fingerprint density at radius 2 is 1.69 bits per heavy atom. The second-order valence-electron chi connectivity index (χ2n) is 7.84. The largest absolute Gasteiger partial charge is 0.493 e. The number of ketones is 1. The first-order chi connectivity index (χ1) is 15.2. The van der Waals surface area contributed by atoms with E-state index < -0.39 is 21.6 Å². The van der Waals surface area contributed by atoms with Gasteiger partial charge in [0.05, 0.1) is 40.2 Å². The summed E-state index contributed by atoms with van der Waals surface area (Å²) in [5, 5.41) is 3.33. The first-order valence-corrected chi connectivity index (χ1v) is 12.0. The van der Waals surface area contributed by atoms with Gasteiger partial charge in [0.25, 0.3) is 10.1 Å². The summed E-state index contributed by atoms with van der Waals surface area (Å²) < 4.78 is 44.0. The molecule has 1 N–H and O–H groups in total. The molecule has 1 aliphatic heterocycles. The summed E-state index contributed by atoms with van der Waals surface area (Å²) in [6.07, 6.45) is 1.99. The lowest BCUT2D eigenvalue weighted by Crippen LogP contribution is -2.31. The highest BCUT2D eigenvalue weighted by atomic mass is 32.2. The maximum atomic E-state index is 13.4. The quantitative estimate of drug-likeness (QED) is 0.424. The van der Waals surface area contributed by atoms with Crippen LogP contribution in [-0.4, -0.2) is 61.0 Å². The Labute approximate surface area is 188 Å². The summed E-state index contributed by atoms with van der Waals surface area (Å²) in [7, 11) is 0.964. The number of ether oxygens (including phenoxy) is 3. The summed E-state index contributed by atoms with van der Waals surface area (Å²) in [4.78, 5) is 13.4. The number of hydrogen-bond acceptors (Lipinski definition) is 8. The topological polar surface area (TPSA) is 100 Å². The molecule has 2 aromatic rings. The van der Waals surface area contributed by atoms with Gasteiger partial charge in [-0.15, -0.1) is 0 Å². The third-order valence-corrected chi connectivity index (χ3v) is 6.41. The average molecular weight is 464 g/mol. The van der Waals surface area contributed by atoms with E-state index in [-0.39, 0.29) is 12.4 Å². The van der Waals surface area contributed by atoms with E-state index in [0.717, 1.165) is 11.8 Å². The minimum Gasteiger partial charge on any atom is -0.493 e. The molecule has 2 unspecified atom stereocenters. The Balaban J connectivity index is 1.88. The highest BCUT2D eigenvalue weighted by Crippen LogP contribution is 2.41. The Kier molecular flexibility index (Phi) is 7.43. The fourth-order valence-corrected chi connectivity index (χ4v) is 4.58. The number of hydrogen-bond donors (Lipinski definition) is 1. The highest BCUT2D eigenvalue weighted by Gasteiger charge is 2.43. The van der Waals surface area contributed by atoms with Crippen molar-refractivity contribution in [2.45, 2.75) is 24.3 Å². The average Bonchev–Trinajstić information content (AvgIpc) is 3.22. The van der Waals surface area contributed by atoms with Gasteiger partial charge in [0.2, 0.25) is 5.75 Å². The Bertz CT molecular complexity index is 1030. The van der Waals surface area contributed by atoms with Crippen molar-refractivity contribution in [1.29, 1.82) is 0 Å². The second kappa shape index (κ2) is 9.89. The van der Waals surface area contributed by atoms with Gasteiger partial charge in [0.15, 0.2) is 17.3 Å². The number of Topliss-reactive ketones (excluding diaryl/α,β-unsaturated/α-hetero) is 1. The molecule has 174 valence electrons. The van der Waals surface area contributed by atoms with Crippen molar-refractivity contribution >= 4 is 15.9 Å². The Morgan fingerprint density at radius 1 is 1.06 bits per heavy atom. The molecule has 2 atom stereocenters. The van der Waals surface area contributed by atoms with Crippen LogP contribution in [0.1, 0.15) is 28.8 Å². The third kappa shape index (κ3) is 5.23. The lowest BCUT2D eigenvalue weighted by molar-refractivity contribution is 0.0947. The fourth-order valence-electron chi connectivity index (χ4n) is 4.20. The molecule has 0 aliphatic carbocycles. The van der Waals surface area contributed by atoms with E-state index in [9.17, 15) is 13.2 Å². The molecule has 3 rings (SSSR count). The number of nitrogens with one attached hydrogen (secondary N) is 1. The summed E-state index contributed by atoms with van der Waals surface area (Å²) in [6, 6.07) is 12.6. The van der Waals surface area contributed by atoms with Crippen LogP contribution in [0.5, 0.6) is 17.2 Å². The molecular formula is C23H29NO7S. The van der Waals surface area contributed by atoms with E-state index >= 15 is 0 Å². The van der Waals surface area contributed by atoms with Crippen molar-refractivity contribution < 1.29 is 31.6 Å². The normalized spacial score (nSPS) is 20.7. The van der Waals surface area contributed by atoms with Crippen LogP contribution in [0, 0.1) is 0 Å². The number of benzene rings is 2. The molecule has 1 heterocycles. The molecule has 8 nitrogen and oxygen atoms in total. The minimum atomic E-state index is -3.55. The molecule has 1 saturated heterocycles. The molecule has 0 saturated carbocycles. The van der Waals surface area contributed by atoms with Crippen LogP contribution in [0.2, 0.25) is 0 Å². The molecule has 0 amide bonds. The van der Waals surface area contributed by atoms with Crippen molar-refractivity contribution in [3.05, 3.63) is 53.6 Å². The molecule has 0 radical (unpaired) electrons. The molecule has 1 fully saturated rings. The van der Waals surface area contributed by atoms with Crippen molar-refractivity contribution in [2.75, 3.05) is 40.7 Å². The van der Waals surface area contributed by atoms with Crippen LogP contribution in [-0.2, 0) is 19.7 Å². The SMILES string of the molecule is COc1cc(C(=O)C2CC(CCOS(C)(=O)=O)(c3ccccc3)CN2)cc(OC)c1OC. The van der Waals surface area contributed by atoms with Crippen LogP contribution >= 0.6 is 0 Å². The Morgan fingerprint density at radius 3 is 2.22 bits per heavy atom. The lowest BCUT2D eigenvalue weighted by Gasteiger charge is -2.29. The highest BCUT2D eigenvalue weighted by molar-refractivity contribution is 7.85. The number of rotatable bonds is 10. The fraction of sp³-hybridized carbons (Fsp3) is 0.435. The molecule has 0 bridgehead atoms. The third-order valence-electron chi connectivity index (χ3n) is 5.81. The maximum Gasteiger partial charge on any atom is 0.264 e. The van der Waals surface area contributed by atoms with Crippen LogP contribution in [0.15, 0.2) is 42.5 Å². The summed E-state index contributed by atoms with van der Waals surface area (Å²) in [5.74, 6) is 1.13. The molecule has 9 heteroatoms. The number of carbonyl (C=O) groups is 1. The van der Waals surface area contributed by atoms with Crippen molar-refractivity contribution in [3.63, 3.8) is 0 Å². The predicted octanol–water partition coefficient (Wildman–Crippen LogP) is 2.56. The van der Waals surface area contributed by atoms with Crippen molar-refractivity contribution in [1.82, 2.24) is 5.32 Å². The van der Waals surface area contributed by atoms with E-state index in [1.165, 1.54) is 21.3 Å². The van der Waals surface area contributed by atoms with Crippen LogP contribution in [0.25, 0.3) is 0 Å². The predicted molar refractivity (Wildman–Crippen MR) is 120 cm³/mol. The second-order valence-corrected chi connectivity index (χ2v) is 9.48. The summed E-state index contributed by atoms with van der Waals surface area (Å²) in [5.41, 5.74) is 1.03. The minimum absolute atomic E-state index is 0.0422. The first kappa shape index (κ1) is 24.0. The summed E-state index contributed by atoms with van der Waals surface area (Å²) in [6.45, 7) is 0.561. The van der Waals surface area contributed by atoms with E-state index in [0.29, 0.717) is 42.2 Å². The van der Waals surface area contributed by atoms with Gasteiger partial charge in [-0.1, -0.05) is 30.3 Å². The first-order valence-electron chi connectivity index (χ1n) is 10.2. The number of carbonyl (C=O) groups excluding carboxylic acids is 1. The van der Waals surface area contributed by atoms with Crippen LogP contribution in [0.3, 0.4) is 0 Å². The monoisotopic (exact) mass is 463 g/mol. The van der Waals surface area contributed by atoms with Gasteiger partial charge in [-0.3, -0.25) is 8.98 Å². The molecule has 32 heavy (non-hydrogen) atoms. The maximum absolute atomic E-state index is 13.4. The van der Waals surface area contributed by atoms with Gasteiger partial charge in [-0.25, -0.2) is 0 Å². The van der Waals surface area contributed by atoms with E-state index in [2.05, 4.69) is 5.32 Å². The Hall–Kier alpha value is -2.62. The van der Waals surface area contributed by atoms with Gasteiger partial charge in [-0.2, -0.15) is 8.42 Å². The number of methoxy groups -OCH3 is 3. The zero-order valence-electron chi connectivity index (χ0n) is 18.7. The lowest BCUT2D eigenvalue weighted by atomic mass is 9.75. The summed E-state index contributed by atoms with van der Waals surface area (Å²) >= 11 is 0. The van der Waals surface area contributed by atoms with E-state index in [1.54, 1.807) is 12.1 Å². The molecule has 0 aromatic heterocycles. The van der Waals surface area contributed by atoms with E-state index in [1.807, 2.05) is 30.3 Å². The van der Waals surface area contributed by atoms with Crippen molar-refractivity contribution in [3.8, 4) is 17.2 Å². The van der Waals surface area contributed by atoms with Gasteiger partial charge in [0.1, 0.15) is 0 Å². The van der Waals surface area contributed by atoms with Crippen LogP contribution < -0.4 is 19.5 Å². The molecule has 0 spiro atoms. The zero-order valence-corrected chi connectivity index (χ0v) is 19.5. The molecule has 2 aromatic carbocycles.